The van der Waals surface area contributed by atoms with Gasteiger partial charge in [0.25, 0.3) is 0 Å². The van der Waals surface area contributed by atoms with Crippen LogP contribution in [0.4, 0.5) is 5.82 Å². The van der Waals surface area contributed by atoms with Crippen LogP contribution in [-0.2, 0) is 30.7 Å². The summed E-state index contributed by atoms with van der Waals surface area (Å²) >= 11 is 1.89. The zero-order chi connectivity index (χ0) is 21.3. The fourth-order valence-corrected chi connectivity index (χ4v) is 6.58. The monoisotopic (exact) mass is 449 g/mol. The second-order valence-electron chi connectivity index (χ2n) is 9.27. The number of nitrogens with one attached hydrogen (secondary N) is 1. The summed E-state index contributed by atoms with van der Waals surface area (Å²) in [6.07, 6.45) is 4.79. The summed E-state index contributed by atoms with van der Waals surface area (Å²) in [5.41, 5.74) is 2.89. The molecule has 3 aliphatic rings. The van der Waals surface area contributed by atoms with E-state index in [1.54, 1.807) is 0 Å². The minimum Gasteiger partial charge on any atom is -0.379 e. The van der Waals surface area contributed by atoms with Crippen molar-refractivity contribution in [2.24, 2.45) is 0 Å². The van der Waals surface area contributed by atoms with Gasteiger partial charge in [-0.3, -0.25) is 9.80 Å². The first-order chi connectivity index (χ1) is 15.8. The summed E-state index contributed by atoms with van der Waals surface area (Å²) in [4.78, 5) is 17.8. The molecule has 2 fully saturated rings. The first-order valence-electron chi connectivity index (χ1n) is 12.0. The van der Waals surface area contributed by atoms with Gasteiger partial charge in [-0.25, -0.2) is 9.97 Å². The van der Waals surface area contributed by atoms with Gasteiger partial charge in [-0.2, -0.15) is 0 Å². The van der Waals surface area contributed by atoms with Gasteiger partial charge in [-0.1, -0.05) is 30.3 Å². The molecule has 0 bridgehead atoms. The molecule has 1 N–H and O–H groups in total. The molecule has 6 nitrogen and oxygen atoms in total. The minimum atomic E-state index is 0.435. The molecule has 6 rings (SSSR count). The van der Waals surface area contributed by atoms with E-state index in [1.807, 2.05) is 11.3 Å². The Labute approximate surface area is 193 Å². The summed E-state index contributed by atoms with van der Waals surface area (Å²) in [7, 11) is 0. The maximum atomic E-state index is 5.52. The van der Waals surface area contributed by atoms with Crippen molar-refractivity contribution in [3.05, 3.63) is 52.2 Å². The molecule has 7 heteroatoms. The van der Waals surface area contributed by atoms with E-state index in [-0.39, 0.29) is 0 Å². The number of thiophene rings is 1. The maximum Gasteiger partial charge on any atom is 0.146 e. The van der Waals surface area contributed by atoms with Gasteiger partial charge in [0.1, 0.15) is 16.5 Å². The fraction of sp³-hybridized carbons (Fsp3) is 0.520. The molecule has 0 radical (unpaired) electrons. The number of ether oxygens (including phenoxy) is 1. The normalized spacial score (nSPS) is 21.9. The van der Waals surface area contributed by atoms with Gasteiger partial charge in [-0.15, -0.1) is 11.3 Å². The second-order valence-corrected chi connectivity index (χ2v) is 10.3. The van der Waals surface area contributed by atoms with E-state index in [9.17, 15) is 0 Å². The average molecular weight is 450 g/mol. The number of rotatable bonds is 6. The number of anilines is 1. The number of aromatic nitrogens is 2. The molecule has 1 aromatic carbocycles. The Morgan fingerprint density at radius 3 is 2.75 bits per heavy atom. The molecule has 168 valence electrons. The van der Waals surface area contributed by atoms with Crippen LogP contribution in [0.5, 0.6) is 0 Å². The van der Waals surface area contributed by atoms with Crippen molar-refractivity contribution in [2.45, 2.75) is 44.8 Å². The molecule has 4 heterocycles. The first kappa shape index (κ1) is 20.5. The number of morpholine rings is 1. The van der Waals surface area contributed by atoms with Crippen molar-refractivity contribution in [1.82, 2.24) is 19.8 Å². The maximum absolute atomic E-state index is 5.52. The van der Waals surface area contributed by atoms with Crippen LogP contribution in [-0.4, -0.2) is 65.2 Å². The van der Waals surface area contributed by atoms with Crippen LogP contribution >= 0.6 is 11.3 Å². The van der Waals surface area contributed by atoms with Crippen molar-refractivity contribution >= 4 is 27.4 Å². The van der Waals surface area contributed by atoms with Gasteiger partial charge in [0, 0.05) is 43.6 Å². The van der Waals surface area contributed by atoms with Crippen LogP contribution in [0.1, 0.15) is 34.7 Å². The molecule has 1 aliphatic carbocycles. The smallest absolute Gasteiger partial charge is 0.146 e. The van der Waals surface area contributed by atoms with Gasteiger partial charge >= 0.3 is 0 Å². The Morgan fingerprint density at radius 1 is 1.00 bits per heavy atom. The molecule has 0 amide bonds. The summed E-state index contributed by atoms with van der Waals surface area (Å²) in [5, 5.41) is 5.16. The molecule has 1 unspecified atom stereocenters. The molecular weight excluding hydrogens is 418 g/mol. The van der Waals surface area contributed by atoms with Gasteiger partial charge in [0.05, 0.1) is 25.1 Å². The lowest BCUT2D eigenvalue weighted by Crippen LogP contribution is -2.36. The quantitative estimate of drug-likeness (QED) is 0.619. The fourth-order valence-electron chi connectivity index (χ4n) is 5.30. The molecule has 2 saturated heterocycles. The van der Waals surface area contributed by atoms with Gasteiger partial charge in [0.2, 0.25) is 0 Å². The molecule has 3 aromatic rings. The summed E-state index contributed by atoms with van der Waals surface area (Å²) in [6.45, 7) is 7.55. The van der Waals surface area contributed by atoms with E-state index >= 15 is 0 Å². The first-order valence-corrected chi connectivity index (χ1v) is 12.8. The van der Waals surface area contributed by atoms with Crippen molar-refractivity contribution < 1.29 is 4.74 Å². The topological polar surface area (TPSA) is 53.5 Å². The number of nitrogens with zero attached hydrogens (tertiary/aromatic N) is 4. The Hall–Kier alpha value is -2.06. The van der Waals surface area contributed by atoms with Crippen molar-refractivity contribution in [2.75, 3.05) is 44.7 Å². The van der Waals surface area contributed by atoms with Crippen LogP contribution in [0.3, 0.4) is 0 Å². The Kier molecular flexibility index (Phi) is 5.81. The summed E-state index contributed by atoms with van der Waals surface area (Å²) < 4.78 is 5.52. The summed E-state index contributed by atoms with van der Waals surface area (Å²) in [6, 6.07) is 11.2. The zero-order valence-corrected chi connectivity index (χ0v) is 19.4. The van der Waals surface area contributed by atoms with E-state index in [2.05, 4.69) is 45.4 Å². The Morgan fingerprint density at radius 2 is 1.88 bits per heavy atom. The lowest BCUT2D eigenvalue weighted by atomic mass is 10.1. The molecule has 1 atom stereocenters. The van der Waals surface area contributed by atoms with Crippen molar-refractivity contribution in [3.8, 4) is 0 Å². The van der Waals surface area contributed by atoms with E-state index in [1.165, 1.54) is 45.5 Å². The van der Waals surface area contributed by atoms with Gasteiger partial charge in [0.15, 0.2) is 0 Å². The predicted molar refractivity (Wildman–Crippen MR) is 129 cm³/mol. The van der Waals surface area contributed by atoms with E-state index < -0.39 is 0 Å². The molecule has 2 aromatic heterocycles. The van der Waals surface area contributed by atoms with E-state index in [0.717, 1.165) is 70.5 Å². The molecule has 2 aliphatic heterocycles. The Balaban J connectivity index is 1.23. The number of fused-ring (bicyclic) bond motifs is 3. The SMILES string of the molecule is c1ccc(CN2CCC(Nc3nc(CN4CCOCC4)nc4sc5c(c34)CCC5)C2)cc1. The molecular formula is C25H31N5OS. The minimum absolute atomic E-state index is 0.435. The van der Waals surface area contributed by atoms with Crippen LogP contribution in [0.2, 0.25) is 0 Å². The lowest BCUT2D eigenvalue weighted by Gasteiger charge is -2.26. The summed E-state index contributed by atoms with van der Waals surface area (Å²) in [5.74, 6) is 2.02. The Bertz CT molecular complexity index is 1080. The number of likely N-dealkylation sites (tertiary alicyclic amines) is 1. The highest BCUT2D eigenvalue weighted by Gasteiger charge is 2.27. The number of aryl methyl sites for hydroxylation is 2. The largest absolute Gasteiger partial charge is 0.379 e. The van der Waals surface area contributed by atoms with Crippen LogP contribution < -0.4 is 5.32 Å². The molecule has 32 heavy (non-hydrogen) atoms. The standard InChI is InChI=1S/C25H31N5OS/c1-2-5-18(6-3-1)15-30-10-9-19(16-30)26-24-23-20-7-4-8-21(20)32-25(23)28-22(27-24)17-29-11-13-31-14-12-29/h1-3,5-6,19H,4,7-17H2,(H,26,27,28). The van der Waals surface area contributed by atoms with Gasteiger partial charge < -0.3 is 10.1 Å². The van der Waals surface area contributed by atoms with Crippen molar-refractivity contribution in [3.63, 3.8) is 0 Å². The van der Waals surface area contributed by atoms with Crippen LogP contribution in [0.25, 0.3) is 10.2 Å². The third-order valence-electron chi connectivity index (χ3n) is 6.94. The highest BCUT2D eigenvalue weighted by Crippen LogP contribution is 2.40. The third kappa shape index (κ3) is 4.27. The average Bonchev–Trinajstić information content (AvgIpc) is 3.52. The number of hydrogen-bond acceptors (Lipinski definition) is 7. The molecule has 0 spiro atoms. The third-order valence-corrected chi connectivity index (χ3v) is 8.13. The van der Waals surface area contributed by atoms with Crippen LogP contribution in [0, 0.1) is 0 Å². The lowest BCUT2D eigenvalue weighted by molar-refractivity contribution is 0.0331. The second kappa shape index (κ2) is 9.06. The zero-order valence-electron chi connectivity index (χ0n) is 18.6. The van der Waals surface area contributed by atoms with Gasteiger partial charge in [-0.05, 0) is 36.8 Å². The van der Waals surface area contributed by atoms with E-state index in [0.29, 0.717) is 6.04 Å². The van der Waals surface area contributed by atoms with E-state index in [4.69, 9.17) is 14.7 Å². The van der Waals surface area contributed by atoms with Crippen LogP contribution in [0.15, 0.2) is 30.3 Å². The highest BCUT2D eigenvalue weighted by molar-refractivity contribution is 7.19. The predicted octanol–water partition coefficient (Wildman–Crippen LogP) is 3.70. The van der Waals surface area contributed by atoms with Crippen molar-refractivity contribution in [1.29, 1.82) is 0 Å². The number of benzene rings is 1. The molecule has 0 saturated carbocycles. The number of hydrogen-bond donors (Lipinski definition) is 1. The highest BCUT2D eigenvalue weighted by atomic mass is 32.1.